The van der Waals surface area contributed by atoms with Gasteiger partial charge in [0.1, 0.15) is 0 Å². The second kappa shape index (κ2) is 7.88. The molecule has 0 saturated carbocycles. The van der Waals surface area contributed by atoms with Gasteiger partial charge >= 0.3 is 0 Å². The van der Waals surface area contributed by atoms with Crippen LogP contribution in [0.15, 0.2) is 11.4 Å². The third kappa shape index (κ3) is 4.80. The summed E-state index contributed by atoms with van der Waals surface area (Å²) in [5, 5.41) is 6.02. The van der Waals surface area contributed by atoms with E-state index in [0.29, 0.717) is 5.92 Å². The van der Waals surface area contributed by atoms with Gasteiger partial charge in [-0.05, 0) is 42.2 Å². The van der Waals surface area contributed by atoms with Crippen LogP contribution in [0, 0.1) is 5.92 Å². The highest BCUT2D eigenvalue weighted by atomic mass is 79.9. The van der Waals surface area contributed by atoms with Crippen molar-refractivity contribution >= 4 is 33.2 Å². The molecule has 1 amide bonds. The van der Waals surface area contributed by atoms with Gasteiger partial charge in [-0.15, -0.1) is 11.3 Å². The topological polar surface area (TPSA) is 29.1 Å². The molecular weight excluding hydrogens is 298 g/mol. The molecule has 0 aliphatic rings. The molecule has 0 aliphatic carbocycles. The minimum Gasteiger partial charge on any atom is -0.351 e. The van der Waals surface area contributed by atoms with Gasteiger partial charge in [-0.2, -0.15) is 0 Å². The van der Waals surface area contributed by atoms with Crippen LogP contribution in [0.3, 0.4) is 0 Å². The number of alkyl halides is 1. The SMILES string of the molecule is CCc1ccsc1C(=O)NCCCC(C)CBr. The number of aryl methyl sites for hydroxylation is 1. The summed E-state index contributed by atoms with van der Waals surface area (Å²) in [7, 11) is 0. The number of halogens is 1. The van der Waals surface area contributed by atoms with Crippen molar-refractivity contribution in [1.82, 2.24) is 5.32 Å². The summed E-state index contributed by atoms with van der Waals surface area (Å²) >= 11 is 4.99. The minimum absolute atomic E-state index is 0.0864. The Morgan fingerprint density at radius 1 is 1.59 bits per heavy atom. The van der Waals surface area contributed by atoms with E-state index in [2.05, 4.69) is 35.1 Å². The number of thiophene rings is 1. The first-order valence-corrected chi connectivity index (χ1v) is 8.09. The van der Waals surface area contributed by atoms with E-state index in [1.54, 1.807) is 0 Å². The standard InChI is InChI=1S/C13H20BrNOS/c1-3-11-6-8-17-12(11)13(16)15-7-4-5-10(2)9-14/h6,8,10H,3-5,7,9H2,1-2H3,(H,15,16). The first-order chi connectivity index (χ1) is 8.19. The van der Waals surface area contributed by atoms with Crippen molar-refractivity contribution in [1.29, 1.82) is 0 Å². The molecule has 0 aliphatic heterocycles. The first-order valence-electron chi connectivity index (χ1n) is 6.09. The van der Waals surface area contributed by atoms with E-state index >= 15 is 0 Å². The van der Waals surface area contributed by atoms with Gasteiger partial charge in [0, 0.05) is 11.9 Å². The van der Waals surface area contributed by atoms with Gasteiger partial charge in [-0.3, -0.25) is 4.79 Å². The number of hydrogen-bond acceptors (Lipinski definition) is 2. The van der Waals surface area contributed by atoms with Gasteiger partial charge in [0.25, 0.3) is 5.91 Å². The maximum atomic E-state index is 11.9. The lowest BCUT2D eigenvalue weighted by Crippen LogP contribution is -2.24. The smallest absolute Gasteiger partial charge is 0.261 e. The second-order valence-electron chi connectivity index (χ2n) is 4.29. The fraction of sp³-hybridized carbons (Fsp3) is 0.615. The summed E-state index contributed by atoms with van der Waals surface area (Å²) < 4.78 is 0. The lowest BCUT2D eigenvalue weighted by molar-refractivity contribution is 0.0956. The Morgan fingerprint density at radius 2 is 2.35 bits per heavy atom. The number of rotatable bonds is 7. The highest BCUT2D eigenvalue weighted by Gasteiger charge is 2.11. The largest absolute Gasteiger partial charge is 0.351 e. The minimum atomic E-state index is 0.0864. The highest BCUT2D eigenvalue weighted by molar-refractivity contribution is 9.09. The molecule has 17 heavy (non-hydrogen) atoms. The van der Waals surface area contributed by atoms with E-state index in [-0.39, 0.29) is 5.91 Å². The van der Waals surface area contributed by atoms with Crippen molar-refractivity contribution in [3.63, 3.8) is 0 Å². The van der Waals surface area contributed by atoms with E-state index in [0.717, 1.165) is 41.6 Å². The molecule has 1 unspecified atom stereocenters. The zero-order chi connectivity index (χ0) is 12.7. The molecule has 1 N–H and O–H groups in total. The van der Waals surface area contributed by atoms with E-state index < -0.39 is 0 Å². The zero-order valence-electron chi connectivity index (χ0n) is 10.5. The Bertz CT molecular complexity index is 351. The molecule has 0 bridgehead atoms. The Hall–Kier alpha value is -0.350. The fourth-order valence-electron chi connectivity index (χ4n) is 1.62. The van der Waals surface area contributed by atoms with Crippen molar-refractivity contribution in [2.45, 2.75) is 33.1 Å². The summed E-state index contributed by atoms with van der Waals surface area (Å²) in [5.41, 5.74) is 1.15. The van der Waals surface area contributed by atoms with E-state index in [4.69, 9.17) is 0 Å². The summed E-state index contributed by atoms with van der Waals surface area (Å²) in [6.07, 6.45) is 3.12. The monoisotopic (exact) mass is 317 g/mol. The third-order valence-electron chi connectivity index (χ3n) is 2.76. The summed E-state index contributed by atoms with van der Waals surface area (Å²) in [6.45, 7) is 5.07. The number of carbonyl (C=O) groups excluding carboxylic acids is 1. The van der Waals surface area contributed by atoms with E-state index in [1.165, 1.54) is 11.3 Å². The summed E-state index contributed by atoms with van der Waals surface area (Å²) in [5.74, 6) is 0.767. The van der Waals surface area contributed by atoms with Gasteiger partial charge in [-0.25, -0.2) is 0 Å². The number of nitrogens with one attached hydrogen (secondary N) is 1. The maximum absolute atomic E-state index is 11.9. The van der Waals surface area contributed by atoms with Crippen molar-refractivity contribution in [3.8, 4) is 0 Å². The van der Waals surface area contributed by atoms with Crippen LogP contribution in [-0.2, 0) is 6.42 Å². The third-order valence-corrected chi connectivity index (χ3v) is 4.82. The second-order valence-corrected chi connectivity index (χ2v) is 5.85. The molecule has 0 radical (unpaired) electrons. The average molecular weight is 318 g/mol. The maximum Gasteiger partial charge on any atom is 0.261 e. The molecule has 0 fully saturated rings. The molecule has 0 saturated heterocycles. The highest BCUT2D eigenvalue weighted by Crippen LogP contribution is 2.17. The first kappa shape index (κ1) is 14.7. The Kier molecular flexibility index (Phi) is 6.82. The Balaban J connectivity index is 2.30. The molecule has 4 heteroatoms. The van der Waals surface area contributed by atoms with E-state index in [1.807, 2.05) is 11.4 Å². The number of amides is 1. The van der Waals surface area contributed by atoms with Crippen molar-refractivity contribution in [3.05, 3.63) is 21.9 Å². The van der Waals surface area contributed by atoms with Crippen LogP contribution < -0.4 is 5.32 Å². The lowest BCUT2D eigenvalue weighted by Gasteiger charge is -2.08. The van der Waals surface area contributed by atoms with Crippen LogP contribution in [0.25, 0.3) is 0 Å². The van der Waals surface area contributed by atoms with Gasteiger partial charge in [-0.1, -0.05) is 29.8 Å². The molecule has 1 aromatic rings. The summed E-state index contributed by atoms with van der Waals surface area (Å²) in [6, 6.07) is 2.03. The molecule has 1 aromatic heterocycles. The van der Waals surface area contributed by atoms with Crippen LogP contribution in [0.4, 0.5) is 0 Å². The van der Waals surface area contributed by atoms with E-state index in [9.17, 15) is 4.79 Å². The van der Waals surface area contributed by atoms with Gasteiger partial charge in [0.15, 0.2) is 0 Å². The molecule has 96 valence electrons. The van der Waals surface area contributed by atoms with Gasteiger partial charge in [0.05, 0.1) is 4.88 Å². The Labute approximate surface area is 116 Å². The summed E-state index contributed by atoms with van der Waals surface area (Å²) in [4.78, 5) is 12.8. The van der Waals surface area contributed by atoms with Crippen LogP contribution in [0.2, 0.25) is 0 Å². The van der Waals surface area contributed by atoms with Crippen molar-refractivity contribution in [2.75, 3.05) is 11.9 Å². The quantitative estimate of drug-likeness (QED) is 0.600. The molecule has 0 aromatic carbocycles. The number of carbonyl (C=O) groups is 1. The Morgan fingerprint density at radius 3 is 3.00 bits per heavy atom. The van der Waals surface area contributed by atoms with Crippen LogP contribution in [-0.4, -0.2) is 17.8 Å². The average Bonchev–Trinajstić information content (AvgIpc) is 2.82. The van der Waals surface area contributed by atoms with Crippen molar-refractivity contribution in [2.24, 2.45) is 5.92 Å². The zero-order valence-corrected chi connectivity index (χ0v) is 12.9. The van der Waals surface area contributed by atoms with Crippen molar-refractivity contribution < 1.29 is 4.79 Å². The van der Waals surface area contributed by atoms with Crippen LogP contribution in [0.1, 0.15) is 41.9 Å². The normalized spacial score (nSPS) is 12.4. The molecular formula is C13H20BrNOS. The van der Waals surface area contributed by atoms with Gasteiger partial charge < -0.3 is 5.32 Å². The fourth-order valence-corrected chi connectivity index (χ4v) is 2.86. The number of hydrogen-bond donors (Lipinski definition) is 1. The lowest BCUT2D eigenvalue weighted by atomic mass is 10.1. The predicted molar refractivity (Wildman–Crippen MR) is 78.2 cm³/mol. The molecule has 2 nitrogen and oxygen atoms in total. The molecule has 1 rings (SSSR count). The van der Waals surface area contributed by atoms with Crippen LogP contribution in [0.5, 0.6) is 0 Å². The van der Waals surface area contributed by atoms with Gasteiger partial charge in [0.2, 0.25) is 0 Å². The molecule has 0 spiro atoms. The predicted octanol–water partition coefficient (Wildman–Crippen LogP) is 3.85. The molecule has 1 heterocycles. The van der Waals surface area contributed by atoms with Crippen LogP contribution >= 0.6 is 27.3 Å². The molecule has 1 atom stereocenters.